The van der Waals surface area contributed by atoms with E-state index in [2.05, 4.69) is 132 Å². The molecule has 0 bridgehead atoms. The van der Waals surface area contributed by atoms with Crippen molar-refractivity contribution in [1.82, 2.24) is 14.5 Å². The third kappa shape index (κ3) is 3.09. The van der Waals surface area contributed by atoms with E-state index in [1.165, 1.54) is 49.6 Å². The summed E-state index contributed by atoms with van der Waals surface area (Å²) in [6.45, 7) is 0. The Kier molecular flexibility index (Phi) is 4.61. The second-order valence-electron chi connectivity index (χ2n) is 10.6. The summed E-state index contributed by atoms with van der Waals surface area (Å²) in [4.78, 5) is 9.89. The van der Waals surface area contributed by atoms with Crippen LogP contribution in [0.5, 0.6) is 0 Å². The van der Waals surface area contributed by atoms with Crippen LogP contribution < -0.4 is 0 Å². The molecule has 190 valence electrons. The molecule has 0 aliphatic heterocycles. The summed E-state index contributed by atoms with van der Waals surface area (Å²) in [6.07, 6.45) is 3.93. The van der Waals surface area contributed by atoms with Crippen molar-refractivity contribution in [3.05, 3.63) is 140 Å². The summed E-state index contributed by atoms with van der Waals surface area (Å²) < 4.78 is 2.42. The van der Waals surface area contributed by atoms with Gasteiger partial charge in [-0.05, 0) is 58.1 Å². The Morgan fingerprint density at radius 1 is 0.415 bits per heavy atom. The van der Waals surface area contributed by atoms with Crippen LogP contribution in [0.1, 0.15) is 0 Å². The van der Waals surface area contributed by atoms with E-state index >= 15 is 0 Å². The zero-order chi connectivity index (χ0) is 26.9. The van der Waals surface area contributed by atoms with Crippen molar-refractivity contribution in [3.8, 4) is 50.2 Å². The van der Waals surface area contributed by atoms with Gasteiger partial charge in [-0.3, -0.25) is 9.97 Å². The Morgan fingerprint density at radius 2 is 1.00 bits per heavy atom. The Labute approximate surface area is 237 Å². The fraction of sp³-hybridized carbons (Fsp3) is 0. The first-order chi connectivity index (χ1) is 20.4. The zero-order valence-electron chi connectivity index (χ0n) is 22.1. The molecule has 0 atom stereocenters. The number of para-hydroxylation sites is 2. The molecular weight excluding hydrogens is 498 g/mol. The second-order valence-corrected chi connectivity index (χ2v) is 10.6. The zero-order valence-corrected chi connectivity index (χ0v) is 22.1. The highest BCUT2D eigenvalue weighted by Gasteiger charge is 2.27. The summed E-state index contributed by atoms with van der Waals surface area (Å²) in [5.41, 5.74) is 14.7. The molecule has 3 nitrogen and oxygen atoms in total. The predicted octanol–water partition coefficient (Wildman–Crippen LogP) is 9.71. The van der Waals surface area contributed by atoms with Crippen LogP contribution in [0.3, 0.4) is 0 Å². The van der Waals surface area contributed by atoms with E-state index in [4.69, 9.17) is 9.97 Å². The van der Waals surface area contributed by atoms with Crippen molar-refractivity contribution in [2.24, 2.45) is 0 Å². The van der Waals surface area contributed by atoms with E-state index in [9.17, 15) is 0 Å². The summed E-state index contributed by atoms with van der Waals surface area (Å²) in [6, 6.07) is 45.6. The van der Waals surface area contributed by atoms with Crippen LogP contribution in [0.2, 0.25) is 0 Å². The van der Waals surface area contributed by atoms with E-state index in [1.807, 2.05) is 12.3 Å². The van der Waals surface area contributed by atoms with Crippen molar-refractivity contribution >= 4 is 32.8 Å². The van der Waals surface area contributed by atoms with Crippen LogP contribution in [0, 0.1) is 0 Å². The first kappa shape index (κ1) is 22.3. The van der Waals surface area contributed by atoms with Gasteiger partial charge in [0.15, 0.2) is 0 Å². The van der Waals surface area contributed by atoms with Crippen molar-refractivity contribution in [2.75, 3.05) is 0 Å². The molecule has 1 aliphatic rings. The lowest BCUT2D eigenvalue weighted by atomic mass is 9.80. The molecule has 0 saturated carbocycles. The Balaban J connectivity index is 1.53. The van der Waals surface area contributed by atoms with Gasteiger partial charge in [-0.1, -0.05) is 97.1 Å². The Morgan fingerprint density at radius 3 is 1.73 bits per heavy atom. The highest BCUT2D eigenvalue weighted by Crippen LogP contribution is 2.51. The van der Waals surface area contributed by atoms with E-state index in [0.29, 0.717) is 0 Å². The van der Waals surface area contributed by atoms with Gasteiger partial charge in [-0.2, -0.15) is 0 Å². The van der Waals surface area contributed by atoms with Gasteiger partial charge in [0.1, 0.15) is 0 Å². The van der Waals surface area contributed by atoms with Crippen molar-refractivity contribution in [3.63, 3.8) is 0 Å². The number of nitrogens with zero attached hydrogens (tertiary/aromatic N) is 3. The highest BCUT2D eigenvalue weighted by molar-refractivity contribution is 6.13. The fourth-order valence-electron chi connectivity index (χ4n) is 6.79. The van der Waals surface area contributed by atoms with Crippen LogP contribution in [0.25, 0.3) is 83.0 Å². The average Bonchev–Trinajstić information content (AvgIpc) is 3.37. The molecule has 0 fully saturated rings. The normalized spacial score (nSPS) is 11.9. The molecule has 5 aromatic carbocycles. The maximum atomic E-state index is 4.97. The van der Waals surface area contributed by atoms with Crippen LogP contribution in [0.15, 0.2) is 140 Å². The summed E-state index contributed by atoms with van der Waals surface area (Å²) in [5.74, 6) is 0. The minimum Gasteiger partial charge on any atom is -0.309 e. The standard InChI is InChI=1S/C38H23N3/c1-2-12-25-24(11-1)26-13-3-4-16-30(26)37-31(23-40-32-18-10-22-39-38(32)37)36-29(25)17-9-21-35(36)41-33-19-7-5-14-27(33)28-15-6-8-20-34(28)41/h1-23H. The Bertz CT molecular complexity index is 2270. The number of pyridine rings is 2. The quantitative estimate of drug-likeness (QED) is 0.215. The minimum absolute atomic E-state index is 0.894. The molecule has 0 saturated heterocycles. The number of hydrogen-bond donors (Lipinski definition) is 0. The van der Waals surface area contributed by atoms with Gasteiger partial charge in [0.2, 0.25) is 0 Å². The molecule has 1 aliphatic carbocycles. The molecular formula is C38H23N3. The smallest absolute Gasteiger partial charge is 0.0971 e. The molecule has 9 rings (SSSR count). The lowest BCUT2D eigenvalue weighted by Gasteiger charge is -2.26. The highest BCUT2D eigenvalue weighted by atomic mass is 15.0. The fourth-order valence-corrected chi connectivity index (χ4v) is 6.79. The molecule has 8 aromatic rings. The van der Waals surface area contributed by atoms with Gasteiger partial charge in [-0.25, -0.2) is 0 Å². The molecule has 0 amide bonds. The number of aromatic nitrogens is 3. The minimum atomic E-state index is 0.894. The van der Waals surface area contributed by atoms with Crippen molar-refractivity contribution in [2.45, 2.75) is 0 Å². The number of fused-ring (bicyclic) bond motifs is 13. The first-order valence-electron chi connectivity index (χ1n) is 13.9. The van der Waals surface area contributed by atoms with Crippen molar-refractivity contribution in [1.29, 1.82) is 0 Å². The molecule has 3 heteroatoms. The molecule has 3 heterocycles. The Hall–Kier alpha value is -5.54. The number of rotatable bonds is 1. The van der Waals surface area contributed by atoms with Crippen molar-refractivity contribution < 1.29 is 0 Å². The van der Waals surface area contributed by atoms with E-state index in [1.54, 1.807) is 0 Å². The lowest BCUT2D eigenvalue weighted by Crippen LogP contribution is -2.04. The average molecular weight is 522 g/mol. The van der Waals surface area contributed by atoms with Gasteiger partial charge < -0.3 is 4.57 Å². The van der Waals surface area contributed by atoms with Crippen LogP contribution in [-0.4, -0.2) is 14.5 Å². The van der Waals surface area contributed by atoms with Crippen LogP contribution >= 0.6 is 0 Å². The van der Waals surface area contributed by atoms with Gasteiger partial charge in [0.25, 0.3) is 0 Å². The van der Waals surface area contributed by atoms with Crippen LogP contribution in [0.4, 0.5) is 0 Å². The third-order valence-corrected chi connectivity index (χ3v) is 8.46. The molecule has 0 spiro atoms. The van der Waals surface area contributed by atoms with Gasteiger partial charge in [0.05, 0.1) is 27.8 Å². The van der Waals surface area contributed by atoms with Crippen LogP contribution in [-0.2, 0) is 0 Å². The van der Waals surface area contributed by atoms with Gasteiger partial charge in [0, 0.05) is 39.9 Å². The lowest BCUT2D eigenvalue weighted by molar-refractivity contribution is 1.18. The first-order valence-corrected chi connectivity index (χ1v) is 13.9. The van der Waals surface area contributed by atoms with Gasteiger partial charge >= 0.3 is 0 Å². The SMILES string of the molecule is c1ccc2c(c1)-c1ccccc1-c1c(cnc3cccnc13)-c1c-2cccc1-n1c2ccccc2c2ccccc21. The predicted molar refractivity (Wildman–Crippen MR) is 169 cm³/mol. The number of benzene rings is 5. The summed E-state index contributed by atoms with van der Waals surface area (Å²) in [7, 11) is 0. The second kappa shape index (κ2) is 8.48. The monoisotopic (exact) mass is 521 g/mol. The molecule has 0 N–H and O–H groups in total. The topological polar surface area (TPSA) is 30.7 Å². The molecule has 0 radical (unpaired) electrons. The van der Waals surface area contributed by atoms with E-state index < -0.39 is 0 Å². The molecule has 0 unspecified atom stereocenters. The van der Waals surface area contributed by atoms with Gasteiger partial charge in [-0.15, -0.1) is 0 Å². The summed E-state index contributed by atoms with van der Waals surface area (Å²) in [5, 5.41) is 2.49. The largest absolute Gasteiger partial charge is 0.309 e. The number of hydrogen-bond acceptors (Lipinski definition) is 2. The summed E-state index contributed by atoms with van der Waals surface area (Å²) >= 11 is 0. The van der Waals surface area contributed by atoms with E-state index in [-0.39, 0.29) is 0 Å². The molecule has 3 aromatic heterocycles. The third-order valence-electron chi connectivity index (χ3n) is 8.46. The maximum absolute atomic E-state index is 4.97. The maximum Gasteiger partial charge on any atom is 0.0971 e. The van der Waals surface area contributed by atoms with E-state index in [0.717, 1.165) is 33.4 Å². The molecule has 41 heavy (non-hydrogen) atoms.